The molecule has 0 bridgehead atoms. The second-order valence-electron chi connectivity index (χ2n) is 8.43. The van der Waals surface area contributed by atoms with Crippen molar-refractivity contribution in [1.82, 2.24) is 14.1 Å². The second-order valence-corrected chi connectivity index (χ2v) is 8.87. The number of aromatic nitrogens is 3. The molecule has 3 aromatic carbocycles. The molecule has 0 saturated heterocycles. The summed E-state index contributed by atoms with van der Waals surface area (Å²) in [7, 11) is 3.43. The molecule has 172 valence electrons. The third-order valence-corrected chi connectivity index (χ3v) is 6.61. The minimum absolute atomic E-state index is 0.196. The molecule has 0 spiro atoms. The Balaban J connectivity index is 1.84. The predicted octanol–water partition coefficient (Wildman–Crippen LogP) is 5.73. The Morgan fingerprint density at radius 1 is 1.00 bits per heavy atom. The van der Waals surface area contributed by atoms with E-state index >= 15 is 4.39 Å². The molecular weight excluding hydrogens is 463 g/mol. The summed E-state index contributed by atoms with van der Waals surface area (Å²) in [5.41, 5.74) is 1.38. The standard InChI is InChI=1S/C28H20ClFN4O/c1-33-17-32-16-26(33)28(30,20-6-9-22(29)10-7-20)21-8-11-25-24(13-21)23(14-27(35)34(25)2)19-5-3-4-18(12-19)15-31/h3-14,16-17H,1-2H3/t28-/m1/s1. The van der Waals surface area contributed by atoms with Crippen LogP contribution in [0.3, 0.4) is 0 Å². The van der Waals surface area contributed by atoms with Gasteiger partial charge in [-0.25, -0.2) is 9.37 Å². The van der Waals surface area contributed by atoms with Gasteiger partial charge in [0, 0.05) is 36.1 Å². The molecule has 0 amide bonds. The van der Waals surface area contributed by atoms with Crippen LogP contribution >= 0.6 is 11.6 Å². The number of nitriles is 1. The molecule has 5 rings (SSSR count). The SMILES string of the molecule is Cn1cncc1[C@@](F)(c1ccc(Cl)cc1)c1ccc2c(c1)c(-c1cccc(C#N)c1)cc(=O)n2C. The lowest BCUT2D eigenvalue weighted by atomic mass is 9.84. The number of hydrogen-bond donors (Lipinski definition) is 0. The zero-order valence-electron chi connectivity index (χ0n) is 19.0. The number of nitrogens with zero attached hydrogens (tertiary/aromatic N) is 4. The molecule has 1 atom stereocenters. The van der Waals surface area contributed by atoms with E-state index in [1.165, 1.54) is 16.8 Å². The molecule has 0 radical (unpaired) electrons. The van der Waals surface area contributed by atoms with Crippen LogP contribution < -0.4 is 5.56 Å². The molecule has 0 aliphatic carbocycles. The van der Waals surface area contributed by atoms with Gasteiger partial charge in [0.15, 0.2) is 0 Å². The van der Waals surface area contributed by atoms with E-state index in [4.69, 9.17) is 11.6 Å². The summed E-state index contributed by atoms with van der Waals surface area (Å²) in [4.78, 5) is 16.9. The Morgan fingerprint density at radius 2 is 1.74 bits per heavy atom. The Kier molecular flexibility index (Phi) is 5.50. The number of aryl methyl sites for hydroxylation is 2. The van der Waals surface area contributed by atoms with Crippen LogP contribution in [0.1, 0.15) is 22.4 Å². The van der Waals surface area contributed by atoms with Gasteiger partial charge in [-0.3, -0.25) is 4.79 Å². The van der Waals surface area contributed by atoms with Crippen LogP contribution in [0.2, 0.25) is 5.02 Å². The quantitative estimate of drug-likeness (QED) is 0.329. The van der Waals surface area contributed by atoms with Crippen molar-refractivity contribution in [2.24, 2.45) is 14.1 Å². The lowest BCUT2D eigenvalue weighted by molar-refractivity contribution is 0.267. The summed E-state index contributed by atoms with van der Waals surface area (Å²) in [6.07, 6.45) is 3.07. The predicted molar refractivity (Wildman–Crippen MR) is 135 cm³/mol. The normalized spacial score (nSPS) is 12.9. The molecule has 2 aromatic heterocycles. The Morgan fingerprint density at radius 3 is 2.43 bits per heavy atom. The number of imidazole rings is 1. The highest BCUT2D eigenvalue weighted by molar-refractivity contribution is 6.30. The lowest BCUT2D eigenvalue weighted by Gasteiger charge is -2.28. The molecular formula is C28H20ClFN4O. The first kappa shape index (κ1) is 22.6. The van der Waals surface area contributed by atoms with Crippen molar-refractivity contribution in [3.8, 4) is 17.2 Å². The van der Waals surface area contributed by atoms with Gasteiger partial charge in [-0.05, 0) is 53.1 Å². The summed E-state index contributed by atoms with van der Waals surface area (Å²) in [5, 5.41) is 10.6. The summed E-state index contributed by atoms with van der Waals surface area (Å²) in [6, 6.07) is 22.6. The third-order valence-electron chi connectivity index (χ3n) is 6.36. The number of alkyl halides is 1. The van der Waals surface area contributed by atoms with Crippen molar-refractivity contribution in [3.63, 3.8) is 0 Å². The first-order valence-corrected chi connectivity index (χ1v) is 11.3. The molecule has 0 aliphatic rings. The van der Waals surface area contributed by atoms with Gasteiger partial charge in [-0.1, -0.05) is 41.9 Å². The van der Waals surface area contributed by atoms with Crippen LogP contribution in [0.25, 0.3) is 22.0 Å². The lowest BCUT2D eigenvalue weighted by Crippen LogP contribution is -2.26. The molecule has 35 heavy (non-hydrogen) atoms. The molecule has 2 heterocycles. The molecule has 0 N–H and O–H groups in total. The van der Waals surface area contributed by atoms with Crippen LogP contribution in [-0.4, -0.2) is 14.1 Å². The van der Waals surface area contributed by atoms with E-state index in [2.05, 4.69) is 11.1 Å². The average Bonchev–Trinajstić information content (AvgIpc) is 3.32. The van der Waals surface area contributed by atoms with Gasteiger partial charge in [-0.2, -0.15) is 5.26 Å². The Bertz CT molecular complexity index is 1680. The molecule has 5 nitrogen and oxygen atoms in total. The van der Waals surface area contributed by atoms with Gasteiger partial charge < -0.3 is 9.13 Å². The Hall–Kier alpha value is -4.21. The van der Waals surface area contributed by atoms with Gasteiger partial charge in [-0.15, -0.1) is 0 Å². The zero-order valence-corrected chi connectivity index (χ0v) is 19.8. The van der Waals surface area contributed by atoms with Gasteiger partial charge in [0.25, 0.3) is 5.56 Å². The maximum absolute atomic E-state index is 17.4. The van der Waals surface area contributed by atoms with Crippen molar-refractivity contribution in [2.75, 3.05) is 0 Å². The molecule has 0 saturated carbocycles. The van der Waals surface area contributed by atoms with Crippen molar-refractivity contribution >= 4 is 22.5 Å². The molecule has 5 aromatic rings. The summed E-state index contributed by atoms with van der Waals surface area (Å²) in [5.74, 6) is 0. The second kappa shape index (κ2) is 8.53. The first-order valence-electron chi connectivity index (χ1n) is 10.9. The minimum Gasteiger partial charge on any atom is -0.334 e. The van der Waals surface area contributed by atoms with Gasteiger partial charge in [0.05, 0.1) is 35.4 Å². The highest BCUT2D eigenvalue weighted by atomic mass is 35.5. The zero-order chi connectivity index (χ0) is 24.7. The fourth-order valence-corrected chi connectivity index (χ4v) is 4.63. The van der Waals surface area contributed by atoms with Crippen LogP contribution in [0.15, 0.2) is 90.1 Å². The highest BCUT2D eigenvalue weighted by Gasteiger charge is 2.39. The smallest absolute Gasteiger partial charge is 0.251 e. The monoisotopic (exact) mass is 482 g/mol. The number of pyridine rings is 1. The van der Waals surface area contributed by atoms with E-state index in [0.717, 1.165) is 0 Å². The maximum Gasteiger partial charge on any atom is 0.251 e. The first-order chi connectivity index (χ1) is 16.8. The summed E-state index contributed by atoms with van der Waals surface area (Å²) < 4.78 is 20.5. The third kappa shape index (κ3) is 3.71. The molecule has 0 aliphatic heterocycles. The number of rotatable bonds is 4. The fourth-order valence-electron chi connectivity index (χ4n) is 4.50. The fraction of sp³-hybridized carbons (Fsp3) is 0.107. The van der Waals surface area contributed by atoms with Crippen LogP contribution in [0.4, 0.5) is 4.39 Å². The molecule has 0 fully saturated rings. The van der Waals surface area contributed by atoms with Crippen LogP contribution in [0, 0.1) is 11.3 Å². The summed E-state index contributed by atoms with van der Waals surface area (Å²) in [6.45, 7) is 0. The summed E-state index contributed by atoms with van der Waals surface area (Å²) >= 11 is 6.09. The maximum atomic E-state index is 17.4. The number of fused-ring (bicyclic) bond motifs is 1. The van der Waals surface area contributed by atoms with Gasteiger partial charge in [0.1, 0.15) is 0 Å². The van der Waals surface area contributed by atoms with Gasteiger partial charge in [0.2, 0.25) is 5.67 Å². The van der Waals surface area contributed by atoms with E-state index in [0.29, 0.717) is 49.4 Å². The van der Waals surface area contributed by atoms with Gasteiger partial charge >= 0.3 is 0 Å². The van der Waals surface area contributed by atoms with Crippen molar-refractivity contribution < 1.29 is 4.39 Å². The Labute approximate surface area is 206 Å². The number of halogens is 2. The van der Waals surface area contributed by atoms with Crippen LogP contribution in [-0.2, 0) is 19.8 Å². The largest absolute Gasteiger partial charge is 0.334 e. The van der Waals surface area contributed by atoms with Crippen molar-refractivity contribution in [3.05, 3.63) is 123 Å². The minimum atomic E-state index is -2.04. The average molecular weight is 483 g/mol. The molecule has 0 unspecified atom stereocenters. The van der Waals surface area contributed by atoms with E-state index in [-0.39, 0.29) is 5.56 Å². The van der Waals surface area contributed by atoms with E-state index < -0.39 is 5.67 Å². The highest BCUT2D eigenvalue weighted by Crippen LogP contribution is 2.42. The molecule has 7 heteroatoms. The van der Waals surface area contributed by atoms with Crippen LogP contribution in [0.5, 0.6) is 0 Å². The van der Waals surface area contributed by atoms with Crippen molar-refractivity contribution in [2.45, 2.75) is 5.67 Å². The number of hydrogen-bond acceptors (Lipinski definition) is 3. The topological polar surface area (TPSA) is 63.6 Å². The number of benzene rings is 3. The van der Waals surface area contributed by atoms with E-state index in [9.17, 15) is 10.1 Å². The van der Waals surface area contributed by atoms with E-state index in [1.807, 2.05) is 6.07 Å². The van der Waals surface area contributed by atoms with E-state index in [1.54, 1.807) is 85.7 Å². The van der Waals surface area contributed by atoms with Crippen molar-refractivity contribution in [1.29, 1.82) is 5.26 Å².